The van der Waals surface area contributed by atoms with E-state index in [1.807, 2.05) is 56.3 Å². The Morgan fingerprint density at radius 1 is 1.07 bits per heavy atom. The molecule has 1 heterocycles. The van der Waals surface area contributed by atoms with Gasteiger partial charge in [-0.2, -0.15) is 0 Å². The van der Waals surface area contributed by atoms with Crippen LogP contribution in [-0.4, -0.2) is 16.6 Å². The highest BCUT2D eigenvalue weighted by Crippen LogP contribution is 2.27. The number of para-hydroxylation sites is 1. The number of amides is 1. The highest BCUT2D eigenvalue weighted by molar-refractivity contribution is 7.16. The predicted molar refractivity (Wildman–Crippen MR) is 116 cm³/mol. The molecule has 2 aromatic carbocycles. The van der Waals surface area contributed by atoms with Crippen LogP contribution in [0, 0.1) is 0 Å². The quantitative estimate of drug-likeness (QED) is 0.623. The first kappa shape index (κ1) is 20.1. The average Bonchev–Trinajstić information content (AvgIpc) is 2.97. The van der Waals surface area contributed by atoms with Crippen molar-refractivity contribution in [2.45, 2.75) is 52.7 Å². The predicted octanol–water partition coefficient (Wildman–Crippen LogP) is 5.17. The molecule has 1 amide bonds. The van der Waals surface area contributed by atoms with Crippen LogP contribution in [0.1, 0.15) is 52.1 Å². The minimum Gasteiger partial charge on any atom is -0.481 e. The summed E-state index contributed by atoms with van der Waals surface area (Å²) in [5.41, 5.74) is 2.61. The van der Waals surface area contributed by atoms with Gasteiger partial charge in [-0.15, -0.1) is 0 Å². The van der Waals surface area contributed by atoms with E-state index in [0.717, 1.165) is 21.5 Å². The van der Waals surface area contributed by atoms with Gasteiger partial charge in [-0.25, -0.2) is 0 Å². The first-order valence-corrected chi connectivity index (χ1v) is 10.3. The number of fused-ring (bicyclic) bond motifs is 1. The molecular formula is C22H26N2O3S. The molecule has 0 radical (unpaired) electrons. The number of rotatable bonds is 6. The summed E-state index contributed by atoms with van der Waals surface area (Å²) in [5.74, 6) is 0.804. The topological polar surface area (TPSA) is 60.3 Å². The third kappa shape index (κ3) is 4.12. The molecule has 3 rings (SSSR count). The average molecular weight is 399 g/mol. The Bertz CT molecular complexity index is 1050. The second-order valence-electron chi connectivity index (χ2n) is 7.46. The van der Waals surface area contributed by atoms with Crippen LogP contribution in [0.2, 0.25) is 0 Å². The van der Waals surface area contributed by atoms with E-state index in [1.165, 1.54) is 11.3 Å². The summed E-state index contributed by atoms with van der Waals surface area (Å²) in [6.07, 6.45) is -0.644. The molecule has 28 heavy (non-hydrogen) atoms. The van der Waals surface area contributed by atoms with Crippen LogP contribution in [0.15, 0.2) is 47.3 Å². The van der Waals surface area contributed by atoms with Crippen LogP contribution in [-0.2, 0) is 4.79 Å². The number of nitrogens with one attached hydrogen (secondary N) is 1. The Morgan fingerprint density at radius 3 is 2.46 bits per heavy atom. The van der Waals surface area contributed by atoms with Crippen LogP contribution < -0.4 is 14.9 Å². The maximum absolute atomic E-state index is 12.6. The Morgan fingerprint density at radius 2 is 1.79 bits per heavy atom. The number of aromatic nitrogens is 1. The lowest BCUT2D eigenvalue weighted by Gasteiger charge is -2.18. The van der Waals surface area contributed by atoms with E-state index in [9.17, 15) is 9.59 Å². The van der Waals surface area contributed by atoms with Gasteiger partial charge < -0.3 is 10.1 Å². The Kier molecular flexibility index (Phi) is 5.89. The maximum atomic E-state index is 12.6. The molecule has 1 N–H and O–H groups in total. The van der Waals surface area contributed by atoms with E-state index in [-0.39, 0.29) is 16.8 Å². The summed E-state index contributed by atoms with van der Waals surface area (Å²) < 4.78 is 8.54. The van der Waals surface area contributed by atoms with Crippen molar-refractivity contribution in [3.05, 3.63) is 57.7 Å². The third-order valence-electron chi connectivity index (χ3n) is 4.61. The molecule has 0 aliphatic carbocycles. The molecule has 5 nitrogen and oxygen atoms in total. The highest BCUT2D eigenvalue weighted by atomic mass is 32.1. The van der Waals surface area contributed by atoms with Crippen molar-refractivity contribution >= 4 is 33.1 Å². The molecule has 0 saturated heterocycles. The molecule has 0 unspecified atom stereocenters. The lowest BCUT2D eigenvalue weighted by Crippen LogP contribution is -2.30. The van der Waals surface area contributed by atoms with Crippen LogP contribution in [0.4, 0.5) is 5.69 Å². The fourth-order valence-electron chi connectivity index (χ4n) is 3.16. The van der Waals surface area contributed by atoms with Gasteiger partial charge in [0.2, 0.25) is 0 Å². The molecular weight excluding hydrogens is 372 g/mol. The van der Waals surface area contributed by atoms with Crippen molar-refractivity contribution in [3.63, 3.8) is 0 Å². The van der Waals surface area contributed by atoms with Crippen molar-refractivity contribution in [1.29, 1.82) is 0 Å². The van der Waals surface area contributed by atoms with Crippen molar-refractivity contribution in [1.82, 2.24) is 4.57 Å². The number of carbonyl (C=O) groups excluding carboxylic acids is 1. The normalized spacial score (nSPS) is 12.5. The summed E-state index contributed by atoms with van der Waals surface area (Å²) in [7, 11) is 0. The molecule has 1 atom stereocenters. The number of ether oxygens (including phenoxy) is 1. The van der Waals surface area contributed by atoms with E-state index < -0.39 is 6.10 Å². The molecule has 0 spiro atoms. The van der Waals surface area contributed by atoms with Crippen molar-refractivity contribution in [2.24, 2.45) is 0 Å². The monoisotopic (exact) mass is 398 g/mol. The lowest BCUT2D eigenvalue weighted by molar-refractivity contribution is -0.122. The van der Waals surface area contributed by atoms with E-state index in [0.29, 0.717) is 11.6 Å². The summed E-state index contributed by atoms with van der Waals surface area (Å²) in [6.45, 7) is 9.89. The van der Waals surface area contributed by atoms with E-state index in [2.05, 4.69) is 19.2 Å². The smallest absolute Gasteiger partial charge is 0.308 e. The van der Waals surface area contributed by atoms with Gasteiger partial charge in [-0.1, -0.05) is 43.4 Å². The van der Waals surface area contributed by atoms with E-state index in [4.69, 9.17) is 4.74 Å². The Balaban J connectivity index is 1.76. The highest BCUT2D eigenvalue weighted by Gasteiger charge is 2.18. The zero-order valence-corrected chi connectivity index (χ0v) is 17.7. The van der Waals surface area contributed by atoms with Gasteiger partial charge in [0.15, 0.2) is 6.10 Å². The molecule has 3 aromatic rings. The second-order valence-corrected chi connectivity index (χ2v) is 8.45. The molecule has 0 aliphatic heterocycles. The Labute approximate surface area is 169 Å². The zero-order valence-electron chi connectivity index (χ0n) is 16.9. The largest absolute Gasteiger partial charge is 0.481 e. The van der Waals surface area contributed by atoms with E-state index in [1.54, 1.807) is 11.5 Å². The minimum atomic E-state index is -0.644. The number of hydrogen-bond donors (Lipinski definition) is 1. The molecule has 148 valence electrons. The van der Waals surface area contributed by atoms with Crippen molar-refractivity contribution in [3.8, 4) is 5.75 Å². The molecule has 0 bridgehead atoms. The number of nitrogens with zero attached hydrogens (tertiary/aromatic N) is 1. The van der Waals surface area contributed by atoms with Crippen LogP contribution in [0.3, 0.4) is 0 Å². The SMILES string of the molecule is CC(C)c1ccccc1O[C@H](C)C(=O)Nc1ccc2c(c1)sc(=O)n2C(C)C. The van der Waals surface area contributed by atoms with Gasteiger partial charge in [0.1, 0.15) is 5.75 Å². The van der Waals surface area contributed by atoms with E-state index >= 15 is 0 Å². The Hall–Kier alpha value is -2.60. The molecule has 6 heteroatoms. The van der Waals surface area contributed by atoms with Gasteiger partial charge in [-0.3, -0.25) is 14.2 Å². The van der Waals surface area contributed by atoms with Crippen LogP contribution in [0.25, 0.3) is 10.2 Å². The number of carbonyl (C=O) groups is 1. The first-order chi connectivity index (χ1) is 13.3. The number of thiazole rings is 1. The summed E-state index contributed by atoms with van der Waals surface area (Å²) >= 11 is 1.19. The summed E-state index contributed by atoms with van der Waals surface area (Å²) in [4.78, 5) is 24.8. The number of benzene rings is 2. The molecule has 0 saturated carbocycles. The maximum Gasteiger partial charge on any atom is 0.308 e. The van der Waals surface area contributed by atoms with Gasteiger partial charge >= 0.3 is 4.87 Å². The van der Waals surface area contributed by atoms with Gasteiger partial charge in [0.25, 0.3) is 5.91 Å². The summed E-state index contributed by atoms with van der Waals surface area (Å²) in [5, 5.41) is 2.89. The van der Waals surface area contributed by atoms with Crippen molar-refractivity contribution < 1.29 is 9.53 Å². The van der Waals surface area contributed by atoms with Crippen molar-refractivity contribution in [2.75, 3.05) is 5.32 Å². The van der Waals surface area contributed by atoms with Crippen LogP contribution in [0.5, 0.6) is 5.75 Å². The van der Waals surface area contributed by atoms with Gasteiger partial charge in [-0.05, 0) is 56.5 Å². The van der Waals surface area contributed by atoms with Gasteiger partial charge in [0, 0.05) is 11.7 Å². The van der Waals surface area contributed by atoms with Crippen LogP contribution >= 0.6 is 11.3 Å². The first-order valence-electron chi connectivity index (χ1n) is 9.49. The minimum absolute atomic E-state index is 0.00969. The zero-order chi connectivity index (χ0) is 20.4. The van der Waals surface area contributed by atoms with Gasteiger partial charge in [0.05, 0.1) is 10.2 Å². The fraction of sp³-hybridized carbons (Fsp3) is 0.364. The summed E-state index contributed by atoms with van der Waals surface area (Å²) in [6, 6.07) is 13.4. The lowest BCUT2D eigenvalue weighted by atomic mass is 10.0. The molecule has 0 aliphatic rings. The number of anilines is 1. The second kappa shape index (κ2) is 8.19. The third-order valence-corrected chi connectivity index (χ3v) is 5.53. The number of hydrogen-bond acceptors (Lipinski definition) is 4. The molecule has 0 fully saturated rings. The standard InChI is InChI=1S/C22H26N2O3S/c1-13(2)17-8-6-7-9-19(17)27-15(5)21(25)23-16-10-11-18-20(12-16)28-22(26)24(18)14(3)4/h6-15H,1-5H3,(H,23,25)/t15-/m1/s1. The fourth-order valence-corrected chi connectivity index (χ4v) is 4.21. The molecule has 1 aromatic heterocycles.